The van der Waals surface area contributed by atoms with Gasteiger partial charge in [-0.15, -0.1) is 11.3 Å². The summed E-state index contributed by atoms with van der Waals surface area (Å²) in [7, 11) is 0. The Hall–Kier alpha value is -1.72. The predicted molar refractivity (Wildman–Crippen MR) is 81.0 cm³/mol. The van der Waals surface area contributed by atoms with E-state index in [4.69, 9.17) is 0 Å². The molecular formula is C16H18FN2OS+. The summed E-state index contributed by atoms with van der Waals surface area (Å²) in [4.78, 5) is 16.4. The van der Waals surface area contributed by atoms with Crippen LogP contribution in [0.15, 0.2) is 41.8 Å². The highest BCUT2D eigenvalue weighted by molar-refractivity contribution is 7.12. The van der Waals surface area contributed by atoms with Gasteiger partial charge in [0.05, 0.1) is 31.1 Å². The van der Waals surface area contributed by atoms with Crippen LogP contribution in [0.2, 0.25) is 0 Å². The molecule has 1 aromatic carbocycles. The Labute approximate surface area is 127 Å². The largest absolute Gasteiger partial charge is 0.328 e. The fourth-order valence-electron chi connectivity index (χ4n) is 2.65. The summed E-state index contributed by atoms with van der Waals surface area (Å²) in [6.07, 6.45) is 0. The van der Waals surface area contributed by atoms with E-state index in [1.165, 1.54) is 28.4 Å². The number of carbonyl (C=O) groups is 1. The Morgan fingerprint density at radius 2 is 1.90 bits per heavy atom. The van der Waals surface area contributed by atoms with Gasteiger partial charge in [0.2, 0.25) is 0 Å². The Kier molecular flexibility index (Phi) is 4.31. The normalized spacial score (nSPS) is 16.1. The third-order valence-corrected chi connectivity index (χ3v) is 4.71. The lowest BCUT2D eigenvalue weighted by molar-refractivity contribution is -0.917. The standard InChI is InChI=1S/C16H17FN2OS/c17-14-5-3-13(4-6-14)12-18-7-9-19(10-8-18)16(20)15-2-1-11-21-15/h1-6,11H,7-10,12H2/p+1. The molecule has 5 heteroatoms. The number of rotatable bonds is 3. The molecule has 1 aliphatic rings. The molecule has 2 aromatic rings. The van der Waals surface area contributed by atoms with Crippen molar-refractivity contribution >= 4 is 17.2 Å². The molecule has 21 heavy (non-hydrogen) atoms. The van der Waals surface area contributed by atoms with Gasteiger partial charge < -0.3 is 9.80 Å². The van der Waals surface area contributed by atoms with Crippen LogP contribution in [-0.2, 0) is 6.54 Å². The van der Waals surface area contributed by atoms with Crippen LogP contribution in [0.5, 0.6) is 0 Å². The predicted octanol–water partition coefficient (Wildman–Crippen LogP) is 1.43. The summed E-state index contributed by atoms with van der Waals surface area (Å²) in [5.74, 6) is -0.0500. The van der Waals surface area contributed by atoms with Gasteiger partial charge >= 0.3 is 0 Å². The lowest BCUT2D eigenvalue weighted by Gasteiger charge is -2.32. The minimum atomic E-state index is -0.194. The van der Waals surface area contributed by atoms with Crippen LogP contribution in [-0.4, -0.2) is 37.0 Å². The Balaban J connectivity index is 1.53. The van der Waals surface area contributed by atoms with E-state index in [0.29, 0.717) is 0 Å². The third kappa shape index (κ3) is 3.49. The highest BCUT2D eigenvalue weighted by Crippen LogP contribution is 2.12. The molecule has 0 unspecified atom stereocenters. The molecule has 1 saturated heterocycles. The zero-order valence-electron chi connectivity index (χ0n) is 11.7. The second kappa shape index (κ2) is 6.37. The van der Waals surface area contributed by atoms with Gasteiger partial charge in [0.1, 0.15) is 12.4 Å². The minimum absolute atomic E-state index is 0.144. The number of amides is 1. The molecule has 2 heterocycles. The van der Waals surface area contributed by atoms with E-state index >= 15 is 0 Å². The number of thiophene rings is 1. The van der Waals surface area contributed by atoms with Crippen molar-refractivity contribution in [2.45, 2.75) is 6.54 Å². The van der Waals surface area contributed by atoms with E-state index in [-0.39, 0.29) is 11.7 Å². The topological polar surface area (TPSA) is 24.8 Å². The first-order valence-electron chi connectivity index (χ1n) is 7.13. The van der Waals surface area contributed by atoms with Crippen LogP contribution >= 0.6 is 11.3 Å². The summed E-state index contributed by atoms with van der Waals surface area (Å²) in [6.45, 7) is 4.34. The number of nitrogens with zero attached hydrogens (tertiary/aromatic N) is 1. The highest BCUT2D eigenvalue weighted by atomic mass is 32.1. The number of nitrogens with one attached hydrogen (secondary N) is 1. The fraction of sp³-hybridized carbons (Fsp3) is 0.312. The smallest absolute Gasteiger partial charge is 0.264 e. The molecule has 110 valence electrons. The second-order valence-electron chi connectivity index (χ2n) is 5.32. The molecule has 0 spiro atoms. The van der Waals surface area contributed by atoms with Crippen molar-refractivity contribution in [2.24, 2.45) is 0 Å². The van der Waals surface area contributed by atoms with Gasteiger partial charge in [-0.3, -0.25) is 4.79 Å². The molecule has 1 aliphatic heterocycles. The monoisotopic (exact) mass is 305 g/mol. The summed E-state index contributed by atoms with van der Waals surface area (Å²) < 4.78 is 12.9. The first-order valence-corrected chi connectivity index (χ1v) is 8.01. The average molecular weight is 305 g/mol. The Bertz CT molecular complexity index is 589. The number of quaternary nitrogens is 1. The molecule has 0 bridgehead atoms. The van der Waals surface area contributed by atoms with Gasteiger partial charge in [-0.05, 0) is 23.6 Å². The number of benzene rings is 1. The van der Waals surface area contributed by atoms with Gasteiger partial charge in [0.25, 0.3) is 5.91 Å². The molecule has 3 nitrogen and oxygen atoms in total. The van der Waals surface area contributed by atoms with Crippen LogP contribution in [0, 0.1) is 5.82 Å². The number of piperazine rings is 1. The lowest BCUT2D eigenvalue weighted by Crippen LogP contribution is -3.13. The number of hydrogen-bond acceptors (Lipinski definition) is 2. The van der Waals surface area contributed by atoms with E-state index < -0.39 is 0 Å². The molecule has 1 N–H and O–H groups in total. The Morgan fingerprint density at radius 1 is 1.19 bits per heavy atom. The summed E-state index contributed by atoms with van der Waals surface area (Å²) in [5, 5.41) is 1.93. The molecule has 0 saturated carbocycles. The Morgan fingerprint density at radius 3 is 2.52 bits per heavy atom. The summed E-state index contributed by atoms with van der Waals surface area (Å²) >= 11 is 1.50. The van der Waals surface area contributed by atoms with Crippen LogP contribution in [0.1, 0.15) is 15.2 Å². The van der Waals surface area contributed by atoms with Gasteiger partial charge in [-0.1, -0.05) is 18.2 Å². The SMILES string of the molecule is O=C(c1cccs1)N1CC[NH+](Cc2ccc(F)cc2)CC1. The maximum atomic E-state index is 12.9. The van der Waals surface area contributed by atoms with Crippen molar-refractivity contribution in [3.05, 3.63) is 58.0 Å². The number of hydrogen-bond donors (Lipinski definition) is 1. The lowest BCUT2D eigenvalue weighted by atomic mass is 10.2. The van der Waals surface area contributed by atoms with Crippen molar-refractivity contribution < 1.29 is 14.1 Å². The molecule has 0 atom stereocenters. The van der Waals surface area contributed by atoms with Crippen LogP contribution in [0.4, 0.5) is 4.39 Å². The average Bonchev–Trinajstić information content (AvgIpc) is 3.04. The van der Waals surface area contributed by atoms with Crippen molar-refractivity contribution in [1.82, 2.24) is 4.90 Å². The molecule has 0 radical (unpaired) electrons. The number of halogens is 1. The van der Waals surface area contributed by atoms with Crippen LogP contribution < -0.4 is 4.90 Å². The molecule has 1 fully saturated rings. The van der Waals surface area contributed by atoms with Crippen molar-refractivity contribution in [3.63, 3.8) is 0 Å². The van der Waals surface area contributed by atoms with Crippen molar-refractivity contribution in [1.29, 1.82) is 0 Å². The van der Waals surface area contributed by atoms with Gasteiger partial charge in [-0.25, -0.2) is 4.39 Å². The quantitative estimate of drug-likeness (QED) is 0.912. The molecule has 1 aromatic heterocycles. The maximum absolute atomic E-state index is 12.9. The third-order valence-electron chi connectivity index (χ3n) is 3.86. The minimum Gasteiger partial charge on any atom is -0.328 e. The van der Waals surface area contributed by atoms with Gasteiger partial charge in [-0.2, -0.15) is 0 Å². The number of carbonyl (C=O) groups excluding carboxylic acids is 1. The summed E-state index contributed by atoms with van der Waals surface area (Å²) in [5.41, 5.74) is 1.14. The summed E-state index contributed by atoms with van der Waals surface area (Å²) in [6, 6.07) is 10.5. The molecule has 3 rings (SSSR count). The van der Waals surface area contributed by atoms with Crippen LogP contribution in [0.3, 0.4) is 0 Å². The van der Waals surface area contributed by atoms with Crippen molar-refractivity contribution in [2.75, 3.05) is 26.2 Å². The van der Waals surface area contributed by atoms with E-state index in [1.807, 2.05) is 34.5 Å². The molecule has 1 amide bonds. The van der Waals surface area contributed by atoms with E-state index in [0.717, 1.165) is 43.2 Å². The van der Waals surface area contributed by atoms with Crippen molar-refractivity contribution in [3.8, 4) is 0 Å². The highest BCUT2D eigenvalue weighted by Gasteiger charge is 2.24. The zero-order valence-corrected chi connectivity index (χ0v) is 12.5. The second-order valence-corrected chi connectivity index (χ2v) is 6.27. The molecular weight excluding hydrogens is 287 g/mol. The maximum Gasteiger partial charge on any atom is 0.264 e. The zero-order chi connectivity index (χ0) is 14.7. The van der Waals surface area contributed by atoms with Gasteiger partial charge in [0, 0.05) is 5.56 Å². The molecule has 0 aliphatic carbocycles. The fourth-order valence-corrected chi connectivity index (χ4v) is 3.34. The van der Waals surface area contributed by atoms with Crippen LogP contribution in [0.25, 0.3) is 0 Å². The van der Waals surface area contributed by atoms with E-state index in [2.05, 4.69) is 0 Å². The van der Waals surface area contributed by atoms with E-state index in [9.17, 15) is 9.18 Å². The van der Waals surface area contributed by atoms with E-state index in [1.54, 1.807) is 0 Å². The first-order chi connectivity index (χ1) is 10.2. The van der Waals surface area contributed by atoms with Gasteiger partial charge in [0.15, 0.2) is 0 Å². The first kappa shape index (κ1) is 14.2.